The topological polar surface area (TPSA) is 77.6 Å². The SMILES string of the molecule is CCCCCN1C(=O)C(C(=O)OCC)C(c2ccco2)n2c1nc1ccccc12. The number of hydrogen-bond donors (Lipinski definition) is 0. The molecule has 2 atom stereocenters. The maximum Gasteiger partial charge on any atom is 0.321 e. The molecule has 0 bridgehead atoms. The molecule has 3 aromatic rings. The minimum absolute atomic E-state index is 0.209. The third-order valence-electron chi connectivity index (χ3n) is 5.31. The Labute approximate surface area is 169 Å². The number of esters is 1. The summed E-state index contributed by atoms with van der Waals surface area (Å²) in [4.78, 5) is 32.8. The highest BCUT2D eigenvalue weighted by molar-refractivity contribution is 6.08. The maximum absolute atomic E-state index is 13.5. The first kappa shape index (κ1) is 19.2. The zero-order chi connectivity index (χ0) is 20.4. The molecule has 0 fully saturated rings. The van der Waals surface area contributed by atoms with E-state index in [0.717, 1.165) is 30.3 Å². The summed E-state index contributed by atoms with van der Waals surface area (Å²) in [6, 6.07) is 10.6. The first-order valence-electron chi connectivity index (χ1n) is 10.2. The van der Waals surface area contributed by atoms with E-state index >= 15 is 0 Å². The summed E-state index contributed by atoms with van der Waals surface area (Å²) in [5.41, 5.74) is 1.63. The quantitative estimate of drug-likeness (QED) is 0.344. The second-order valence-corrected chi connectivity index (χ2v) is 7.16. The maximum atomic E-state index is 13.5. The molecule has 2 unspecified atom stereocenters. The van der Waals surface area contributed by atoms with Gasteiger partial charge in [0, 0.05) is 6.54 Å². The number of furan rings is 1. The lowest BCUT2D eigenvalue weighted by molar-refractivity contribution is -0.153. The lowest BCUT2D eigenvalue weighted by Crippen LogP contribution is -2.50. The normalized spacial score (nSPS) is 18.8. The van der Waals surface area contributed by atoms with Gasteiger partial charge in [-0.3, -0.25) is 19.1 Å². The molecule has 7 nitrogen and oxygen atoms in total. The molecule has 7 heteroatoms. The first-order chi connectivity index (χ1) is 14.2. The number of nitrogens with zero attached hydrogens (tertiary/aromatic N) is 3. The van der Waals surface area contributed by atoms with Gasteiger partial charge in [-0.05, 0) is 37.6 Å². The van der Waals surface area contributed by atoms with Crippen LogP contribution in [0.3, 0.4) is 0 Å². The fourth-order valence-corrected chi connectivity index (χ4v) is 3.99. The number of amides is 1. The van der Waals surface area contributed by atoms with E-state index in [4.69, 9.17) is 14.1 Å². The largest absolute Gasteiger partial charge is 0.467 e. The summed E-state index contributed by atoms with van der Waals surface area (Å²) in [6.07, 6.45) is 4.42. The molecule has 0 N–H and O–H groups in total. The number of anilines is 1. The molecule has 1 aliphatic heterocycles. The molecular formula is C22H25N3O4. The lowest BCUT2D eigenvalue weighted by Gasteiger charge is -2.36. The van der Waals surface area contributed by atoms with Gasteiger partial charge in [-0.1, -0.05) is 31.9 Å². The number of ether oxygens (including phenoxy) is 1. The van der Waals surface area contributed by atoms with Crippen molar-refractivity contribution in [2.24, 2.45) is 5.92 Å². The minimum Gasteiger partial charge on any atom is -0.467 e. The van der Waals surface area contributed by atoms with Crippen LogP contribution < -0.4 is 4.90 Å². The van der Waals surface area contributed by atoms with Crippen molar-refractivity contribution < 1.29 is 18.7 Å². The second kappa shape index (κ2) is 8.11. The Morgan fingerprint density at radius 3 is 2.72 bits per heavy atom. The molecule has 0 saturated heterocycles. The fourth-order valence-electron chi connectivity index (χ4n) is 3.99. The van der Waals surface area contributed by atoms with Crippen LogP contribution in [0.25, 0.3) is 11.0 Å². The molecule has 2 aromatic heterocycles. The Morgan fingerprint density at radius 2 is 2.00 bits per heavy atom. The molecule has 0 saturated carbocycles. The average Bonchev–Trinajstić information content (AvgIpc) is 3.37. The van der Waals surface area contributed by atoms with Crippen LogP contribution in [0.5, 0.6) is 0 Å². The summed E-state index contributed by atoms with van der Waals surface area (Å²) in [5.74, 6) is -0.761. The fraction of sp³-hybridized carbons (Fsp3) is 0.409. The zero-order valence-corrected chi connectivity index (χ0v) is 16.7. The average molecular weight is 395 g/mol. The second-order valence-electron chi connectivity index (χ2n) is 7.16. The predicted octanol–water partition coefficient (Wildman–Crippen LogP) is 3.93. The molecular weight excluding hydrogens is 370 g/mol. The molecule has 4 rings (SSSR count). The van der Waals surface area contributed by atoms with Gasteiger partial charge < -0.3 is 9.15 Å². The van der Waals surface area contributed by atoms with Crippen LogP contribution in [0.1, 0.15) is 44.9 Å². The van der Waals surface area contributed by atoms with E-state index < -0.39 is 17.9 Å². The Bertz CT molecular complexity index is 1010. The molecule has 3 heterocycles. The van der Waals surface area contributed by atoms with E-state index in [9.17, 15) is 9.59 Å². The van der Waals surface area contributed by atoms with Gasteiger partial charge in [-0.25, -0.2) is 4.98 Å². The van der Waals surface area contributed by atoms with Crippen molar-refractivity contribution in [2.45, 2.75) is 39.2 Å². The third-order valence-corrected chi connectivity index (χ3v) is 5.31. The highest BCUT2D eigenvalue weighted by atomic mass is 16.5. The number of benzene rings is 1. The zero-order valence-electron chi connectivity index (χ0n) is 16.7. The lowest BCUT2D eigenvalue weighted by atomic mass is 9.93. The standard InChI is InChI=1S/C22H25N3O4/c1-3-5-8-13-24-20(26)18(21(27)28-4-2)19(17-12-9-14-29-17)25-16-11-7-6-10-15(16)23-22(24)25/h6-7,9-12,14,18-19H,3-5,8,13H2,1-2H3. The Kier molecular flexibility index (Phi) is 5.38. The molecule has 0 aliphatic carbocycles. The Morgan fingerprint density at radius 1 is 1.17 bits per heavy atom. The monoisotopic (exact) mass is 395 g/mol. The number of rotatable bonds is 7. The van der Waals surface area contributed by atoms with Crippen molar-refractivity contribution in [3.05, 3.63) is 48.4 Å². The highest BCUT2D eigenvalue weighted by Crippen LogP contribution is 2.41. The van der Waals surface area contributed by atoms with Gasteiger partial charge in [0.05, 0.1) is 23.9 Å². The van der Waals surface area contributed by atoms with E-state index in [-0.39, 0.29) is 12.5 Å². The number of aromatic nitrogens is 2. The number of unbranched alkanes of at least 4 members (excludes halogenated alkanes) is 2. The van der Waals surface area contributed by atoms with Gasteiger partial charge >= 0.3 is 5.97 Å². The summed E-state index contributed by atoms with van der Waals surface area (Å²) < 4.78 is 12.9. The summed E-state index contributed by atoms with van der Waals surface area (Å²) >= 11 is 0. The molecule has 29 heavy (non-hydrogen) atoms. The summed E-state index contributed by atoms with van der Waals surface area (Å²) in [6.45, 7) is 4.57. The highest BCUT2D eigenvalue weighted by Gasteiger charge is 2.48. The van der Waals surface area contributed by atoms with Gasteiger partial charge in [0.2, 0.25) is 11.9 Å². The summed E-state index contributed by atoms with van der Waals surface area (Å²) in [5, 5.41) is 0. The number of fused-ring (bicyclic) bond motifs is 3. The smallest absolute Gasteiger partial charge is 0.321 e. The van der Waals surface area contributed by atoms with E-state index in [1.54, 1.807) is 30.2 Å². The van der Waals surface area contributed by atoms with Crippen LogP contribution in [-0.4, -0.2) is 34.6 Å². The van der Waals surface area contributed by atoms with E-state index in [0.29, 0.717) is 18.3 Å². The molecule has 1 aliphatic rings. The third kappa shape index (κ3) is 3.30. The van der Waals surface area contributed by atoms with Crippen LogP contribution in [0.4, 0.5) is 5.95 Å². The first-order valence-corrected chi connectivity index (χ1v) is 10.2. The van der Waals surface area contributed by atoms with Crippen molar-refractivity contribution in [3.63, 3.8) is 0 Å². The van der Waals surface area contributed by atoms with Crippen molar-refractivity contribution in [1.29, 1.82) is 0 Å². The van der Waals surface area contributed by atoms with Crippen LogP contribution in [0.15, 0.2) is 47.1 Å². The van der Waals surface area contributed by atoms with Crippen molar-refractivity contribution in [2.75, 3.05) is 18.1 Å². The predicted molar refractivity (Wildman–Crippen MR) is 109 cm³/mol. The van der Waals surface area contributed by atoms with Gasteiger partial charge in [-0.15, -0.1) is 0 Å². The van der Waals surface area contributed by atoms with Gasteiger partial charge in [0.25, 0.3) is 0 Å². The van der Waals surface area contributed by atoms with E-state index in [1.165, 1.54) is 0 Å². The van der Waals surface area contributed by atoms with Gasteiger partial charge in [-0.2, -0.15) is 0 Å². The number of hydrogen-bond acceptors (Lipinski definition) is 5. The van der Waals surface area contributed by atoms with Crippen molar-refractivity contribution >= 4 is 28.9 Å². The molecule has 1 amide bonds. The van der Waals surface area contributed by atoms with E-state index in [2.05, 4.69) is 6.92 Å². The number of para-hydroxylation sites is 2. The number of carbonyl (C=O) groups excluding carboxylic acids is 2. The van der Waals surface area contributed by atoms with Gasteiger partial charge in [0.1, 0.15) is 11.8 Å². The van der Waals surface area contributed by atoms with Crippen molar-refractivity contribution in [3.8, 4) is 0 Å². The molecule has 152 valence electrons. The Balaban J connectivity index is 1.91. The van der Waals surface area contributed by atoms with Gasteiger partial charge in [0.15, 0.2) is 5.92 Å². The number of imidazole rings is 1. The minimum atomic E-state index is -1.02. The van der Waals surface area contributed by atoms with Crippen LogP contribution in [-0.2, 0) is 14.3 Å². The molecule has 1 aromatic carbocycles. The Hall–Kier alpha value is -3.09. The van der Waals surface area contributed by atoms with Crippen molar-refractivity contribution in [1.82, 2.24) is 9.55 Å². The molecule has 0 spiro atoms. The summed E-state index contributed by atoms with van der Waals surface area (Å²) in [7, 11) is 0. The number of carbonyl (C=O) groups is 2. The van der Waals surface area contributed by atoms with Crippen LogP contribution >= 0.6 is 0 Å². The van der Waals surface area contributed by atoms with E-state index in [1.807, 2.05) is 28.8 Å². The molecule has 0 radical (unpaired) electrons. The van der Waals surface area contributed by atoms with Crippen LogP contribution in [0, 0.1) is 5.92 Å². The van der Waals surface area contributed by atoms with Crippen LogP contribution in [0.2, 0.25) is 0 Å².